The maximum absolute atomic E-state index is 12.9. The number of phosphoric acid groups is 1. The summed E-state index contributed by atoms with van der Waals surface area (Å²) in [5.74, 6) is -0.250. The van der Waals surface area contributed by atoms with E-state index >= 15 is 0 Å². The highest BCUT2D eigenvalue weighted by Crippen LogP contribution is 2.43. The van der Waals surface area contributed by atoms with Gasteiger partial charge in [-0.3, -0.25) is 13.8 Å². The number of nitrogens with one attached hydrogen (secondary N) is 1. The number of nitrogens with zero attached hydrogens (tertiary/aromatic N) is 1. The van der Waals surface area contributed by atoms with Crippen molar-refractivity contribution in [2.45, 2.75) is 180 Å². The van der Waals surface area contributed by atoms with Gasteiger partial charge in [0.1, 0.15) is 13.2 Å². The number of hydrogen-bond acceptors (Lipinski definition) is 5. The molecule has 3 unspecified atom stereocenters. The molecule has 0 aromatic carbocycles. The number of aliphatic hydroxyl groups is 1. The predicted octanol–water partition coefficient (Wildman–Crippen LogP) is 14.1. The molecule has 1 amide bonds. The van der Waals surface area contributed by atoms with Gasteiger partial charge >= 0.3 is 7.82 Å². The van der Waals surface area contributed by atoms with Crippen LogP contribution in [-0.4, -0.2) is 73.4 Å². The quantitative estimate of drug-likeness (QED) is 0.0244. The zero-order chi connectivity index (χ0) is 45.7. The van der Waals surface area contributed by atoms with Gasteiger partial charge in [-0.1, -0.05) is 187 Å². The van der Waals surface area contributed by atoms with Crippen molar-refractivity contribution in [3.63, 3.8) is 0 Å². The van der Waals surface area contributed by atoms with Gasteiger partial charge in [-0.15, -0.1) is 0 Å². The summed E-state index contributed by atoms with van der Waals surface area (Å²) in [5, 5.41) is 13.8. The van der Waals surface area contributed by atoms with Gasteiger partial charge in [-0.2, -0.15) is 0 Å². The van der Waals surface area contributed by atoms with E-state index in [2.05, 4.69) is 116 Å². The highest BCUT2D eigenvalue weighted by molar-refractivity contribution is 7.47. The monoisotopic (exact) mass is 884 g/mol. The number of rotatable bonds is 42. The molecule has 0 saturated carbocycles. The fourth-order valence-electron chi connectivity index (χ4n) is 6.16. The van der Waals surface area contributed by atoms with Crippen LogP contribution in [0.5, 0.6) is 0 Å². The molecule has 62 heavy (non-hydrogen) atoms. The third-order valence-corrected chi connectivity index (χ3v) is 11.0. The second kappa shape index (κ2) is 43.4. The summed E-state index contributed by atoms with van der Waals surface area (Å²) in [5.41, 5.74) is 0. The zero-order valence-corrected chi connectivity index (χ0v) is 41.0. The number of phosphoric ester groups is 1. The van der Waals surface area contributed by atoms with Crippen LogP contribution in [0.3, 0.4) is 0 Å². The van der Waals surface area contributed by atoms with Gasteiger partial charge in [0.15, 0.2) is 0 Å². The summed E-state index contributed by atoms with van der Waals surface area (Å²) >= 11 is 0. The van der Waals surface area contributed by atoms with Crippen LogP contribution in [0.4, 0.5) is 0 Å². The lowest BCUT2D eigenvalue weighted by Gasteiger charge is -2.25. The Morgan fingerprint density at radius 1 is 0.565 bits per heavy atom. The highest BCUT2D eigenvalue weighted by Gasteiger charge is 2.27. The van der Waals surface area contributed by atoms with Crippen LogP contribution in [0.15, 0.2) is 109 Å². The third-order valence-electron chi connectivity index (χ3n) is 9.98. The molecule has 0 aliphatic carbocycles. The first-order valence-corrected chi connectivity index (χ1v) is 25.8. The molecule has 3 atom stereocenters. The van der Waals surface area contributed by atoms with Gasteiger partial charge in [0.25, 0.3) is 0 Å². The first kappa shape index (κ1) is 59.2. The van der Waals surface area contributed by atoms with Crippen LogP contribution in [-0.2, 0) is 18.4 Å². The van der Waals surface area contributed by atoms with Gasteiger partial charge < -0.3 is 19.8 Å². The van der Waals surface area contributed by atoms with Crippen molar-refractivity contribution in [2.24, 2.45) is 0 Å². The summed E-state index contributed by atoms with van der Waals surface area (Å²) in [6.45, 7) is 4.61. The second-order valence-electron chi connectivity index (χ2n) is 17.1. The second-order valence-corrected chi connectivity index (χ2v) is 18.5. The van der Waals surface area contributed by atoms with Crippen LogP contribution in [0, 0.1) is 0 Å². The number of unbranched alkanes of at least 4 members (excludes halogenated alkanes) is 13. The fourth-order valence-corrected chi connectivity index (χ4v) is 6.90. The maximum Gasteiger partial charge on any atom is 0.472 e. The van der Waals surface area contributed by atoms with Gasteiger partial charge in [-0.05, 0) is 83.5 Å². The minimum absolute atomic E-state index is 0.0388. The lowest BCUT2D eigenvalue weighted by atomic mass is 10.1. The van der Waals surface area contributed by atoms with Crippen molar-refractivity contribution in [1.29, 1.82) is 0 Å². The predicted molar refractivity (Wildman–Crippen MR) is 267 cm³/mol. The standard InChI is InChI=1S/C53H91N2O6P/c1-6-8-10-12-14-16-18-20-22-24-25-26-27-28-29-31-33-35-37-39-41-43-45-47-53(57)54-51(50-61-62(58,59)60-49-48-55(3,4)5)52(56)46-44-42-40-38-36-34-32-30-23-21-19-17-15-13-11-9-7-2/h8,10,14,16,20,22,25-26,28-29,33,35-36,38-39,41,44,46,51-52,56H,6-7,9,11-13,15,17-19,21,23-24,27,30-32,34,37,40,42-43,45,47-50H2,1-5H3,(H-,54,57,58,59)/p+1/b10-8-,16-14-,22-20-,26-25-,29-28-,35-33-,38-36+,41-39-,46-44+. The molecule has 0 aliphatic heterocycles. The Kier molecular flexibility index (Phi) is 41.4. The fraction of sp³-hybridized carbons (Fsp3) is 0.642. The topological polar surface area (TPSA) is 105 Å². The van der Waals surface area contributed by atoms with E-state index in [1.807, 2.05) is 27.2 Å². The minimum Gasteiger partial charge on any atom is -0.387 e. The summed E-state index contributed by atoms with van der Waals surface area (Å²) in [4.78, 5) is 23.2. The molecule has 0 bridgehead atoms. The van der Waals surface area contributed by atoms with Crippen LogP contribution in [0.25, 0.3) is 0 Å². The van der Waals surface area contributed by atoms with Crippen LogP contribution < -0.4 is 5.32 Å². The Labute approximate surface area is 381 Å². The zero-order valence-electron chi connectivity index (χ0n) is 40.1. The molecule has 0 fully saturated rings. The number of carbonyl (C=O) groups excluding carboxylic acids is 1. The number of allylic oxidation sites excluding steroid dienone is 17. The largest absolute Gasteiger partial charge is 0.472 e. The number of quaternary nitrogens is 1. The summed E-state index contributed by atoms with van der Waals surface area (Å²) in [7, 11) is 1.50. The van der Waals surface area contributed by atoms with Gasteiger partial charge in [0.2, 0.25) is 5.91 Å². The van der Waals surface area contributed by atoms with E-state index in [9.17, 15) is 19.4 Å². The molecule has 0 aromatic heterocycles. The Morgan fingerprint density at radius 2 is 0.984 bits per heavy atom. The smallest absolute Gasteiger partial charge is 0.387 e. The van der Waals surface area contributed by atoms with E-state index < -0.39 is 20.0 Å². The molecule has 0 heterocycles. The summed E-state index contributed by atoms with van der Waals surface area (Å²) < 4.78 is 23.6. The molecular weight excluding hydrogens is 792 g/mol. The number of likely N-dealkylation sites (N-methyl/N-ethyl adjacent to an activating group) is 1. The normalized spacial score (nSPS) is 15.1. The number of hydrogen-bond donors (Lipinski definition) is 3. The van der Waals surface area contributed by atoms with Gasteiger partial charge in [-0.25, -0.2) is 4.57 Å². The molecule has 8 nitrogen and oxygen atoms in total. The first-order valence-electron chi connectivity index (χ1n) is 24.3. The minimum atomic E-state index is -4.37. The van der Waals surface area contributed by atoms with E-state index in [0.717, 1.165) is 70.6 Å². The first-order chi connectivity index (χ1) is 30.0. The summed E-state index contributed by atoms with van der Waals surface area (Å²) in [6, 6.07) is -0.901. The van der Waals surface area contributed by atoms with Crippen LogP contribution in [0.1, 0.15) is 168 Å². The van der Waals surface area contributed by atoms with Gasteiger partial charge in [0, 0.05) is 6.42 Å². The van der Waals surface area contributed by atoms with Crippen molar-refractivity contribution in [3.8, 4) is 0 Å². The van der Waals surface area contributed by atoms with Crippen LogP contribution >= 0.6 is 7.82 Å². The molecule has 9 heteroatoms. The SMILES string of the molecule is CC/C=C\C/C=C\C/C=C\C/C=C\C/C=C\C/C=C\C/C=C\CCCC(=O)NC(COP(=O)(O)OCC[N+](C)(C)C)C(O)/C=C/CC/C=C/CCCCCCCCCCCCC. The van der Waals surface area contributed by atoms with E-state index in [1.165, 1.54) is 70.6 Å². The highest BCUT2D eigenvalue weighted by atomic mass is 31.2. The average Bonchev–Trinajstić information content (AvgIpc) is 3.23. The maximum atomic E-state index is 12.9. The summed E-state index contributed by atoms with van der Waals surface area (Å²) in [6.07, 6.45) is 63.2. The molecule has 3 N–H and O–H groups in total. The van der Waals surface area contributed by atoms with E-state index in [1.54, 1.807) is 6.08 Å². The Morgan fingerprint density at radius 3 is 1.48 bits per heavy atom. The Balaban J connectivity index is 4.55. The van der Waals surface area contributed by atoms with Crippen molar-refractivity contribution in [3.05, 3.63) is 109 Å². The molecule has 0 radical (unpaired) electrons. The average molecular weight is 884 g/mol. The van der Waals surface area contributed by atoms with Gasteiger partial charge in [0.05, 0.1) is 39.9 Å². The van der Waals surface area contributed by atoms with E-state index in [4.69, 9.17) is 9.05 Å². The van der Waals surface area contributed by atoms with E-state index in [0.29, 0.717) is 17.4 Å². The van der Waals surface area contributed by atoms with E-state index in [-0.39, 0.29) is 25.5 Å². The number of aliphatic hydroxyl groups excluding tert-OH is 1. The molecular formula is C53H92N2O6P+. The molecule has 0 saturated heterocycles. The molecule has 0 spiro atoms. The molecule has 0 aromatic rings. The van der Waals surface area contributed by atoms with Crippen molar-refractivity contribution in [2.75, 3.05) is 40.9 Å². The lowest BCUT2D eigenvalue weighted by molar-refractivity contribution is -0.870. The lowest BCUT2D eigenvalue weighted by Crippen LogP contribution is -2.45. The molecule has 0 aliphatic rings. The van der Waals surface area contributed by atoms with Crippen molar-refractivity contribution >= 4 is 13.7 Å². The Hall–Kier alpha value is -2.84. The Bertz CT molecular complexity index is 1370. The number of amides is 1. The van der Waals surface area contributed by atoms with Crippen LogP contribution in [0.2, 0.25) is 0 Å². The molecule has 354 valence electrons. The van der Waals surface area contributed by atoms with Crippen molar-refractivity contribution in [1.82, 2.24) is 5.32 Å². The third kappa shape index (κ3) is 45.2. The molecule has 0 rings (SSSR count). The van der Waals surface area contributed by atoms with Crippen molar-refractivity contribution < 1.29 is 32.9 Å². The number of carbonyl (C=O) groups is 1.